The summed E-state index contributed by atoms with van der Waals surface area (Å²) in [6, 6.07) is 7.32. The summed E-state index contributed by atoms with van der Waals surface area (Å²) >= 11 is 1.08. The highest BCUT2D eigenvalue weighted by Crippen LogP contribution is 2.23. The average molecular weight is 393 g/mol. The Bertz CT molecular complexity index is 1090. The van der Waals surface area contributed by atoms with Crippen LogP contribution in [0.5, 0.6) is 0 Å². The lowest BCUT2D eigenvalue weighted by Gasteiger charge is -2.04. The SMILES string of the molecule is COCCn1c(=NC(=O)c2c(F)cccc2F)sc2ccc([N+](=O)[O-])cc21. The second-order valence-electron chi connectivity index (χ2n) is 5.45. The number of methoxy groups -OCH3 is 1. The standard InChI is InChI=1S/C17H13F2N3O4S/c1-26-8-7-21-13-9-10(22(24)25)5-6-14(13)27-17(21)20-16(23)15-11(18)3-2-4-12(15)19/h2-6,9H,7-8H2,1H3. The molecule has 3 rings (SSSR count). The van der Waals surface area contributed by atoms with Gasteiger partial charge in [0.15, 0.2) is 4.80 Å². The average Bonchev–Trinajstić information content (AvgIpc) is 2.95. The van der Waals surface area contributed by atoms with Crippen LogP contribution < -0.4 is 4.80 Å². The fourth-order valence-electron chi connectivity index (χ4n) is 2.50. The number of amides is 1. The van der Waals surface area contributed by atoms with Crippen LogP contribution in [-0.2, 0) is 11.3 Å². The highest BCUT2D eigenvalue weighted by molar-refractivity contribution is 7.16. The van der Waals surface area contributed by atoms with Crippen LogP contribution in [0, 0.1) is 21.7 Å². The molecule has 0 aliphatic carbocycles. The van der Waals surface area contributed by atoms with Crippen molar-refractivity contribution in [2.24, 2.45) is 4.99 Å². The van der Waals surface area contributed by atoms with Gasteiger partial charge in [-0.15, -0.1) is 0 Å². The Morgan fingerprint density at radius 1 is 1.30 bits per heavy atom. The van der Waals surface area contributed by atoms with E-state index in [1.54, 1.807) is 4.57 Å². The maximum absolute atomic E-state index is 13.8. The first-order valence-electron chi connectivity index (χ1n) is 7.72. The molecule has 0 N–H and O–H groups in total. The molecule has 0 aliphatic heterocycles. The smallest absolute Gasteiger partial charge is 0.285 e. The van der Waals surface area contributed by atoms with Crippen LogP contribution in [0.1, 0.15) is 10.4 Å². The second-order valence-corrected chi connectivity index (χ2v) is 6.46. The molecule has 0 bridgehead atoms. The molecule has 0 unspecified atom stereocenters. The number of hydrogen-bond acceptors (Lipinski definition) is 5. The Morgan fingerprint density at radius 2 is 2.00 bits per heavy atom. The van der Waals surface area contributed by atoms with Gasteiger partial charge in [0.1, 0.15) is 17.2 Å². The van der Waals surface area contributed by atoms with Crippen LogP contribution >= 0.6 is 11.3 Å². The van der Waals surface area contributed by atoms with E-state index in [9.17, 15) is 23.7 Å². The summed E-state index contributed by atoms with van der Waals surface area (Å²) in [5.74, 6) is -3.09. The molecule has 1 aromatic heterocycles. The van der Waals surface area contributed by atoms with Crippen molar-refractivity contribution in [1.29, 1.82) is 0 Å². The van der Waals surface area contributed by atoms with Crippen LogP contribution in [0.25, 0.3) is 10.2 Å². The zero-order valence-corrected chi connectivity index (χ0v) is 14.8. The first-order chi connectivity index (χ1) is 12.9. The largest absolute Gasteiger partial charge is 0.383 e. The number of carbonyl (C=O) groups is 1. The molecular weight excluding hydrogens is 380 g/mol. The Hall–Kier alpha value is -2.98. The van der Waals surface area contributed by atoms with Crippen molar-refractivity contribution in [3.05, 3.63) is 68.5 Å². The van der Waals surface area contributed by atoms with E-state index in [2.05, 4.69) is 4.99 Å². The van der Waals surface area contributed by atoms with E-state index in [0.717, 1.165) is 29.5 Å². The van der Waals surface area contributed by atoms with Gasteiger partial charge in [0.25, 0.3) is 11.6 Å². The molecule has 0 saturated heterocycles. The van der Waals surface area contributed by atoms with Gasteiger partial charge in [0, 0.05) is 25.8 Å². The third-order valence-electron chi connectivity index (χ3n) is 3.77. The topological polar surface area (TPSA) is 86.7 Å². The highest BCUT2D eigenvalue weighted by atomic mass is 32.1. The fourth-order valence-corrected chi connectivity index (χ4v) is 3.53. The van der Waals surface area contributed by atoms with Crippen molar-refractivity contribution in [2.75, 3.05) is 13.7 Å². The lowest BCUT2D eigenvalue weighted by Crippen LogP contribution is -2.20. The van der Waals surface area contributed by atoms with Gasteiger partial charge < -0.3 is 9.30 Å². The maximum atomic E-state index is 13.8. The lowest BCUT2D eigenvalue weighted by atomic mass is 10.2. The number of rotatable bonds is 5. The van der Waals surface area contributed by atoms with Gasteiger partial charge in [0.2, 0.25) is 0 Å². The van der Waals surface area contributed by atoms with E-state index in [1.807, 2.05) is 0 Å². The van der Waals surface area contributed by atoms with Gasteiger partial charge in [-0.05, 0) is 18.2 Å². The molecule has 1 heterocycles. The Balaban J connectivity index is 2.18. The normalized spacial score (nSPS) is 11.9. The Morgan fingerprint density at radius 3 is 2.63 bits per heavy atom. The molecule has 0 spiro atoms. The molecule has 140 valence electrons. The highest BCUT2D eigenvalue weighted by Gasteiger charge is 2.18. The number of nitro benzene ring substituents is 1. The quantitative estimate of drug-likeness (QED) is 0.492. The Kier molecular flexibility index (Phi) is 5.38. The van der Waals surface area contributed by atoms with Crippen molar-refractivity contribution < 1.29 is 23.2 Å². The van der Waals surface area contributed by atoms with Crippen LogP contribution in [0.15, 0.2) is 41.4 Å². The Labute approximate surface area is 155 Å². The monoisotopic (exact) mass is 393 g/mol. The lowest BCUT2D eigenvalue weighted by molar-refractivity contribution is -0.384. The van der Waals surface area contributed by atoms with E-state index in [0.29, 0.717) is 10.2 Å². The first-order valence-corrected chi connectivity index (χ1v) is 8.54. The molecular formula is C17H13F2N3O4S. The van der Waals surface area contributed by atoms with Gasteiger partial charge in [-0.1, -0.05) is 17.4 Å². The number of thiazole rings is 1. The zero-order valence-electron chi connectivity index (χ0n) is 14.0. The minimum Gasteiger partial charge on any atom is -0.383 e. The van der Waals surface area contributed by atoms with Crippen molar-refractivity contribution in [1.82, 2.24) is 4.57 Å². The number of fused-ring (bicyclic) bond motifs is 1. The molecule has 2 aromatic carbocycles. The molecule has 0 saturated carbocycles. The fraction of sp³-hybridized carbons (Fsp3) is 0.176. The van der Waals surface area contributed by atoms with Gasteiger partial charge in [-0.25, -0.2) is 8.78 Å². The molecule has 3 aromatic rings. The van der Waals surface area contributed by atoms with Gasteiger partial charge in [-0.3, -0.25) is 14.9 Å². The summed E-state index contributed by atoms with van der Waals surface area (Å²) in [4.78, 5) is 26.9. The van der Waals surface area contributed by atoms with Crippen molar-refractivity contribution in [3.63, 3.8) is 0 Å². The van der Waals surface area contributed by atoms with Crippen molar-refractivity contribution >= 4 is 33.1 Å². The van der Waals surface area contributed by atoms with E-state index in [4.69, 9.17) is 4.74 Å². The molecule has 0 aliphatic rings. The predicted octanol–water partition coefficient (Wildman–Crippen LogP) is 3.28. The summed E-state index contributed by atoms with van der Waals surface area (Å²) in [6.45, 7) is 0.507. The number of hydrogen-bond donors (Lipinski definition) is 0. The first kappa shape index (κ1) is 18.8. The van der Waals surface area contributed by atoms with Gasteiger partial charge >= 0.3 is 0 Å². The molecule has 0 atom stereocenters. The van der Waals surface area contributed by atoms with Crippen molar-refractivity contribution in [3.8, 4) is 0 Å². The van der Waals surface area contributed by atoms with Gasteiger partial charge in [-0.2, -0.15) is 4.99 Å². The van der Waals surface area contributed by atoms with E-state index < -0.39 is 28.0 Å². The minimum absolute atomic E-state index is 0.121. The zero-order chi connectivity index (χ0) is 19.6. The third-order valence-corrected chi connectivity index (χ3v) is 4.83. The summed E-state index contributed by atoms with van der Waals surface area (Å²) in [7, 11) is 1.48. The van der Waals surface area contributed by atoms with Crippen LogP contribution in [0.3, 0.4) is 0 Å². The van der Waals surface area contributed by atoms with Gasteiger partial charge in [0.05, 0.1) is 21.7 Å². The van der Waals surface area contributed by atoms with Crippen LogP contribution in [0.4, 0.5) is 14.5 Å². The second kappa shape index (κ2) is 7.72. The summed E-state index contributed by atoms with van der Waals surface area (Å²) < 4.78 is 34.9. The molecule has 1 amide bonds. The van der Waals surface area contributed by atoms with E-state index in [1.165, 1.54) is 25.3 Å². The maximum Gasteiger partial charge on any atom is 0.285 e. The number of halogens is 2. The number of carbonyl (C=O) groups excluding carboxylic acids is 1. The number of nitro groups is 1. The number of aromatic nitrogens is 1. The number of ether oxygens (including phenoxy) is 1. The minimum atomic E-state index is -1.07. The molecule has 0 fully saturated rings. The number of non-ortho nitro benzene ring substituents is 1. The summed E-state index contributed by atoms with van der Waals surface area (Å²) in [5.41, 5.74) is -0.393. The van der Waals surface area contributed by atoms with Crippen LogP contribution in [0.2, 0.25) is 0 Å². The molecule has 10 heteroatoms. The number of nitrogens with zero attached hydrogens (tertiary/aromatic N) is 3. The van der Waals surface area contributed by atoms with E-state index in [-0.39, 0.29) is 23.6 Å². The number of benzene rings is 2. The predicted molar refractivity (Wildman–Crippen MR) is 94.6 cm³/mol. The van der Waals surface area contributed by atoms with Crippen molar-refractivity contribution in [2.45, 2.75) is 6.54 Å². The molecule has 27 heavy (non-hydrogen) atoms. The summed E-state index contributed by atoms with van der Waals surface area (Å²) in [6.07, 6.45) is 0. The molecule has 0 radical (unpaired) electrons. The third kappa shape index (κ3) is 3.76. The van der Waals surface area contributed by atoms with Crippen LogP contribution in [-0.4, -0.2) is 29.1 Å². The summed E-state index contributed by atoms with van der Waals surface area (Å²) in [5, 5.41) is 11.0. The van der Waals surface area contributed by atoms with E-state index >= 15 is 0 Å². The molecule has 7 nitrogen and oxygen atoms in total.